The maximum absolute atomic E-state index is 12.8. The van der Waals surface area contributed by atoms with Crippen molar-refractivity contribution in [1.29, 1.82) is 0 Å². The predicted molar refractivity (Wildman–Crippen MR) is 40.8 cm³/mol. The highest BCUT2D eigenvalue weighted by molar-refractivity contribution is 5.13. The third-order valence-corrected chi connectivity index (χ3v) is 1.90. The van der Waals surface area contributed by atoms with Gasteiger partial charge in [0.15, 0.2) is 0 Å². The predicted octanol–water partition coefficient (Wildman–Crippen LogP) is 3.58. The van der Waals surface area contributed by atoms with Gasteiger partial charge in [0.25, 0.3) is 0 Å². The standard InChI is InChI=1S/C8HF10N2/c9-5(10,7(13,14)15)3-1-2-19-4(20-3)6(11,12)8(16,17)18/h2H. The van der Waals surface area contributed by atoms with Crippen molar-refractivity contribution in [1.82, 2.24) is 9.97 Å². The quantitative estimate of drug-likeness (QED) is 0.780. The van der Waals surface area contributed by atoms with Gasteiger partial charge in [0.2, 0.25) is 5.82 Å². The summed E-state index contributed by atoms with van der Waals surface area (Å²) in [6.07, 6.45) is -12.7. The number of aromatic nitrogens is 2. The van der Waals surface area contributed by atoms with Crippen molar-refractivity contribution in [2.24, 2.45) is 0 Å². The van der Waals surface area contributed by atoms with Crippen LogP contribution < -0.4 is 0 Å². The van der Waals surface area contributed by atoms with Crippen LogP contribution in [-0.2, 0) is 11.8 Å². The van der Waals surface area contributed by atoms with Crippen LogP contribution in [0.25, 0.3) is 0 Å². The molecule has 0 aliphatic carbocycles. The fourth-order valence-corrected chi connectivity index (χ4v) is 0.895. The number of nitrogens with zero attached hydrogens (tertiary/aromatic N) is 2. The van der Waals surface area contributed by atoms with E-state index < -0.39 is 35.7 Å². The summed E-state index contributed by atoms with van der Waals surface area (Å²) >= 11 is 0. The number of rotatable bonds is 2. The van der Waals surface area contributed by atoms with Crippen molar-refractivity contribution in [2.75, 3.05) is 0 Å². The largest absolute Gasteiger partial charge is 0.461 e. The monoisotopic (exact) mass is 315 g/mol. The Morgan fingerprint density at radius 2 is 1.20 bits per heavy atom. The van der Waals surface area contributed by atoms with Crippen molar-refractivity contribution in [3.05, 3.63) is 23.8 Å². The minimum atomic E-state index is -6.25. The molecule has 1 rings (SSSR count). The van der Waals surface area contributed by atoms with Gasteiger partial charge in [-0.2, -0.15) is 43.9 Å². The normalized spacial score (nSPS) is 14.5. The molecule has 20 heavy (non-hydrogen) atoms. The lowest BCUT2D eigenvalue weighted by atomic mass is 10.2. The van der Waals surface area contributed by atoms with Crippen LogP contribution in [0.1, 0.15) is 11.5 Å². The number of hydrogen-bond acceptors (Lipinski definition) is 2. The Morgan fingerprint density at radius 1 is 0.750 bits per heavy atom. The van der Waals surface area contributed by atoms with Gasteiger partial charge >= 0.3 is 24.2 Å². The van der Waals surface area contributed by atoms with Crippen molar-refractivity contribution < 1.29 is 43.9 Å². The lowest BCUT2D eigenvalue weighted by Gasteiger charge is -2.21. The second-order valence-corrected chi connectivity index (χ2v) is 3.33. The van der Waals surface area contributed by atoms with Crippen LogP contribution >= 0.6 is 0 Å². The van der Waals surface area contributed by atoms with E-state index in [4.69, 9.17) is 0 Å². The molecule has 0 saturated carbocycles. The molecular weight excluding hydrogens is 314 g/mol. The van der Waals surface area contributed by atoms with Crippen LogP contribution in [0, 0.1) is 6.07 Å². The SMILES string of the molecule is FC(F)(F)C(F)(F)c1[c]cnc(C(F)(F)C(F)(F)F)n1. The number of halogens is 10. The molecule has 0 fully saturated rings. The Morgan fingerprint density at radius 3 is 1.60 bits per heavy atom. The second-order valence-electron chi connectivity index (χ2n) is 3.33. The first-order valence-electron chi connectivity index (χ1n) is 4.36. The number of alkyl halides is 10. The Balaban J connectivity index is 3.36. The molecule has 0 atom stereocenters. The molecule has 0 N–H and O–H groups in total. The Labute approximate surface area is 103 Å². The van der Waals surface area contributed by atoms with Crippen LogP contribution in [0.4, 0.5) is 43.9 Å². The molecule has 113 valence electrons. The van der Waals surface area contributed by atoms with Gasteiger partial charge in [-0.25, -0.2) is 9.97 Å². The highest BCUT2D eigenvalue weighted by Crippen LogP contribution is 2.45. The van der Waals surface area contributed by atoms with E-state index in [2.05, 4.69) is 4.98 Å². The van der Waals surface area contributed by atoms with Gasteiger partial charge in [-0.1, -0.05) is 0 Å². The highest BCUT2D eigenvalue weighted by Gasteiger charge is 2.63. The molecule has 1 heterocycles. The first-order valence-corrected chi connectivity index (χ1v) is 4.36. The molecule has 0 saturated heterocycles. The lowest BCUT2D eigenvalue weighted by Crippen LogP contribution is -2.38. The summed E-state index contributed by atoms with van der Waals surface area (Å²) in [4.78, 5) is 4.28. The molecule has 0 aliphatic rings. The van der Waals surface area contributed by atoms with Crippen LogP contribution in [0.5, 0.6) is 0 Å². The van der Waals surface area contributed by atoms with Crippen LogP contribution in [0.2, 0.25) is 0 Å². The number of hydrogen-bond donors (Lipinski definition) is 0. The average molecular weight is 315 g/mol. The maximum Gasteiger partial charge on any atom is 0.461 e. The van der Waals surface area contributed by atoms with E-state index in [9.17, 15) is 43.9 Å². The molecule has 1 aromatic heterocycles. The van der Waals surface area contributed by atoms with Crippen LogP contribution in [-0.4, -0.2) is 22.3 Å². The minimum Gasteiger partial charge on any atom is -0.235 e. The van der Waals surface area contributed by atoms with Gasteiger partial charge in [-0.3, -0.25) is 0 Å². The maximum atomic E-state index is 12.8. The minimum absolute atomic E-state index is 0.170. The Kier molecular flexibility index (Phi) is 3.65. The van der Waals surface area contributed by atoms with E-state index >= 15 is 0 Å². The van der Waals surface area contributed by atoms with Gasteiger partial charge in [-0.15, -0.1) is 0 Å². The van der Waals surface area contributed by atoms with E-state index in [1.54, 1.807) is 0 Å². The molecule has 0 unspecified atom stereocenters. The highest BCUT2D eigenvalue weighted by atomic mass is 19.4. The van der Waals surface area contributed by atoms with Gasteiger partial charge in [0.05, 0.1) is 0 Å². The molecular formula is C8HF10N2. The summed E-state index contributed by atoms with van der Waals surface area (Å²) < 4.78 is 123. The van der Waals surface area contributed by atoms with Gasteiger partial charge < -0.3 is 0 Å². The van der Waals surface area contributed by atoms with E-state index in [0.717, 1.165) is 6.07 Å². The van der Waals surface area contributed by atoms with E-state index in [1.165, 1.54) is 0 Å². The van der Waals surface area contributed by atoms with Crippen LogP contribution in [0.15, 0.2) is 6.20 Å². The Bertz CT molecular complexity index is 448. The summed E-state index contributed by atoms with van der Waals surface area (Å²) in [5.41, 5.74) is -2.43. The molecule has 1 radical (unpaired) electrons. The Hall–Kier alpha value is -1.62. The third-order valence-electron chi connectivity index (χ3n) is 1.90. The van der Waals surface area contributed by atoms with E-state index in [-0.39, 0.29) is 6.20 Å². The molecule has 2 nitrogen and oxygen atoms in total. The van der Waals surface area contributed by atoms with E-state index in [1.807, 2.05) is 4.98 Å². The third kappa shape index (κ3) is 2.63. The summed E-state index contributed by atoms with van der Waals surface area (Å²) in [5.74, 6) is -14.0. The van der Waals surface area contributed by atoms with E-state index in [0.29, 0.717) is 0 Å². The molecule has 0 amide bonds. The lowest BCUT2D eigenvalue weighted by molar-refractivity contribution is -0.296. The topological polar surface area (TPSA) is 25.8 Å². The van der Waals surface area contributed by atoms with Crippen LogP contribution in [0.3, 0.4) is 0 Å². The molecule has 0 aliphatic heterocycles. The van der Waals surface area contributed by atoms with Crippen molar-refractivity contribution >= 4 is 0 Å². The van der Waals surface area contributed by atoms with Crippen molar-refractivity contribution in [3.8, 4) is 0 Å². The summed E-state index contributed by atoms with van der Waals surface area (Å²) in [6.45, 7) is 0. The zero-order chi connectivity index (χ0) is 16.0. The summed E-state index contributed by atoms with van der Waals surface area (Å²) in [7, 11) is 0. The molecule has 0 spiro atoms. The fraction of sp³-hybridized carbons (Fsp3) is 0.500. The zero-order valence-electron chi connectivity index (χ0n) is 8.75. The zero-order valence-corrected chi connectivity index (χ0v) is 8.75. The average Bonchev–Trinajstić information content (AvgIpc) is 2.26. The van der Waals surface area contributed by atoms with Gasteiger partial charge in [0, 0.05) is 12.3 Å². The summed E-state index contributed by atoms with van der Waals surface area (Å²) in [5, 5.41) is 0. The first-order chi connectivity index (χ1) is 8.71. The fourth-order valence-electron chi connectivity index (χ4n) is 0.895. The molecule has 0 aromatic carbocycles. The molecule has 12 heteroatoms. The van der Waals surface area contributed by atoms with Gasteiger partial charge in [0.1, 0.15) is 5.69 Å². The van der Waals surface area contributed by atoms with Gasteiger partial charge in [-0.05, 0) is 0 Å². The van der Waals surface area contributed by atoms with Crippen molar-refractivity contribution in [2.45, 2.75) is 24.2 Å². The van der Waals surface area contributed by atoms with Crippen molar-refractivity contribution in [3.63, 3.8) is 0 Å². The molecule has 0 bridgehead atoms. The summed E-state index contributed by atoms with van der Waals surface area (Å²) in [6, 6.07) is 1.09. The first kappa shape index (κ1) is 16.4. The second kappa shape index (κ2) is 4.45. The molecule has 1 aromatic rings. The smallest absolute Gasteiger partial charge is 0.235 e.